The zero-order chi connectivity index (χ0) is 14.9. The number of imidazole rings is 1. The zero-order valence-electron chi connectivity index (χ0n) is 12.3. The number of hydrogen-bond acceptors (Lipinski definition) is 9. The summed E-state index contributed by atoms with van der Waals surface area (Å²) in [7, 11) is -4.73. The van der Waals surface area contributed by atoms with Crippen LogP contribution in [0.1, 0.15) is 6.42 Å². The van der Waals surface area contributed by atoms with Crippen molar-refractivity contribution in [2.45, 2.75) is 19.1 Å². The maximum Gasteiger partial charge on any atom is 1.00 e. The van der Waals surface area contributed by atoms with Gasteiger partial charge in [-0.15, -0.1) is 0 Å². The van der Waals surface area contributed by atoms with Crippen LogP contribution in [0.4, 0.5) is 11.8 Å². The number of nitrogens with zero attached hydrogens (tertiary/aromatic N) is 4. The molecule has 2 aromatic heterocycles. The summed E-state index contributed by atoms with van der Waals surface area (Å²) in [6.07, 6.45) is -0.566. The van der Waals surface area contributed by atoms with Crippen molar-refractivity contribution in [2.24, 2.45) is 0 Å². The molecule has 13 heteroatoms. The SMILES string of the molecule is Nc1nc(N)c2ncn(CC[C@H](O)CP(=O)([O-])[O-])c2n1.[Na+].[Na+]. The molecule has 0 amide bonds. The number of hydrogen-bond donors (Lipinski definition) is 3. The van der Waals surface area contributed by atoms with Crippen molar-refractivity contribution in [2.75, 3.05) is 17.6 Å². The quantitative estimate of drug-likeness (QED) is 0.350. The number of nitrogens with two attached hydrogens (primary N) is 2. The van der Waals surface area contributed by atoms with Crippen LogP contribution in [0.5, 0.6) is 0 Å². The van der Waals surface area contributed by atoms with Crippen molar-refractivity contribution in [1.29, 1.82) is 0 Å². The molecule has 2 heterocycles. The summed E-state index contributed by atoms with van der Waals surface area (Å²) in [5, 5.41) is 9.48. The smallest absolute Gasteiger partial charge is 0.811 e. The van der Waals surface area contributed by atoms with Crippen LogP contribution in [0.3, 0.4) is 0 Å². The van der Waals surface area contributed by atoms with E-state index in [0.717, 1.165) is 0 Å². The molecule has 0 bridgehead atoms. The first kappa shape index (κ1) is 22.3. The summed E-state index contributed by atoms with van der Waals surface area (Å²) in [5.74, 6) is 0.122. The van der Waals surface area contributed by atoms with Gasteiger partial charge in [-0.2, -0.15) is 9.97 Å². The second kappa shape index (κ2) is 8.93. The molecule has 10 nitrogen and oxygen atoms in total. The van der Waals surface area contributed by atoms with Gasteiger partial charge in [-0.3, -0.25) is 0 Å². The molecule has 2 aromatic rings. The Labute approximate surface area is 170 Å². The van der Waals surface area contributed by atoms with Gasteiger partial charge in [0.25, 0.3) is 0 Å². The Balaban J connectivity index is 0.00000220. The Bertz CT molecular complexity index is 677. The molecule has 0 saturated heterocycles. The van der Waals surface area contributed by atoms with Crippen molar-refractivity contribution < 1.29 is 78.6 Å². The minimum Gasteiger partial charge on any atom is -0.811 e. The maximum atomic E-state index is 10.5. The fourth-order valence-electron chi connectivity index (χ4n) is 1.78. The average Bonchev–Trinajstić information content (AvgIpc) is 2.67. The molecule has 1 atom stereocenters. The van der Waals surface area contributed by atoms with Gasteiger partial charge < -0.3 is 35.5 Å². The molecule has 0 aromatic carbocycles. The summed E-state index contributed by atoms with van der Waals surface area (Å²) in [6.45, 7) is 0.216. The number of aryl methyl sites for hydroxylation is 1. The van der Waals surface area contributed by atoms with Crippen LogP contribution in [0, 0.1) is 0 Å². The van der Waals surface area contributed by atoms with Gasteiger partial charge in [0.15, 0.2) is 11.5 Å². The zero-order valence-corrected chi connectivity index (χ0v) is 17.2. The van der Waals surface area contributed by atoms with Crippen molar-refractivity contribution in [3.63, 3.8) is 0 Å². The van der Waals surface area contributed by atoms with Crippen LogP contribution in [-0.2, 0) is 11.1 Å². The van der Waals surface area contributed by atoms with E-state index in [1.165, 1.54) is 6.33 Å². The Morgan fingerprint density at radius 1 is 1.32 bits per heavy atom. The van der Waals surface area contributed by atoms with Gasteiger partial charge in [-0.1, -0.05) is 7.60 Å². The normalized spacial score (nSPS) is 12.5. The van der Waals surface area contributed by atoms with E-state index in [9.17, 15) is 19.5 Å². The Morgan fingerprint density at radius 3 is 2.55 bits per heavy atom. The number of fused-ring (bicyclic) bond motifs is 1. The van der Waals surface area contributed by atoms with Crippen LogP contribution >= 0.6 is 7.60 Å². The average molecular weight is 346 g/mol. The van der Waals surface area contributed by atoms with E-state index in [2.05, 4.69) is 15.0 Å². The van der Waals surface area contributed by atoms with E-state index in [1.807, 2.05) is 0 Å². The van der Waals surface area contributed by atoms with Crippen molar-refractivity contribution in [3.05, 3.63) is 6.33 Å². The van der Waals surface area contributed by atoms with E-state index in [1.54, 1.807) is 4.57 Å². The molecule has 0 saturated carbocycles. The summed E-state index contributed by atoms with van der Waals surface area (Å²) in [4.78, 5) is 32.8. The van der Waals surface area contributed by atoms with Gasteiger partial charge in [-0.25, -0.2) is 4.98 Å². The fraction of sp³-hybridized carbons (Fsp3) is 0.444. The molecule has 0 aliphatic carbocycles. The van der Waals surface area contributed by atoms with E-state index in [4.69, 9.17) is 11.5 Å². The number of anilines is 2. The topological polar surface area (TPSA) is 179 Å². The minimum atomic E-state index is -4.73. The molecule has 0 aliphatic rings. The van der Waals surface area contributed by atoms with Crippen LogP contribution in [0.15, 0.2) is 6.33 Å². The Hall–Kier alpha value is 0.260. The number of nitrogen functional groups attached to an aromatic ring is 2. The van der Waals surface area contributed by atoms with Crippen LogP contribution in [0.25, 0.3) is 11.2 Å². The minimum absolute atomic E-state index is 0. The van der Waals surface area contributed by atoms with E-state index in [0.29, 0.717) is 11.2 Å². The van der Waals surface area contributed by atoms with Gasteiger partial charge in [0, 0.05) is 12.7 Å². The Kier molecular flexibility index (Phi) is 9.04. The summed E-state index contributed by atoms with van der Waals surface area (Å²) in [6, 6.07) is 0. The second-order valence-electron chi connectivity index (χ2n) is 4.31. The predicted octanol–water partition coefficient (Wildman–Crippen LogP) is -8.34. The molecule has 0 unspecified atom stereocenters. The standard InChI is InChI=1S/C9H15N6O4P.2Na/c10-7-6-8(14-9(11)13-7)15(4-12-6)2-1-5(16)3-20(17,18)19;;/h4-5,16H,1-3H2,(H2,17,18,19)(H4,10,11,13,14);;/q;2*+1/p-2/t5-;;/m0../s1. The largest absolute Gasteiger partial charge is 1.00 e. The van der Waals surface area contributed by atoms with Gasteiger partial charge in [0.05, 0.1) is 12.4 Å². The molecule has 0 aliphatic heterocycles. The first-order valence-electron chi connectivity index (χ1n) is 5.69. The van der Waals surface area contributed by atoms with Crippen molar-refractivity contribution >= 4 is 30.5 Å². The summed E-state index contributed by atoms with van der Waals surface area (Å²) in [5.41, 5.74) is 11.9. The molecule has 0 radical (unpaired) electrons. The van der Waals surface area contributed by atoms with Gasteiger partial charge in [-0.05, 0) is 6.42 Å². The molecule has 0 fully saturated rings. The van der Waals surface area contributed by atoms with E-state index >= 15 is 0 Å². The third-order valence-corrected chi connectivity index (χ3v) is 3.51. The summed E-state index contributed by atoms with van der Waals surface area (Å²) < 4.78 is 12.1. The third-order valence-electron chi connectivity index (χ3n) is 2.65. The third kappa shape index (κ3) is 6.04. The van der Waals surface area contributed by atoms with Crippen LogP contribution < -0.4 is 80.4 Å². The number of aliphatic hydroxyl groups is 1. The van der Waals surface area contributed by atoms with Crippen molar-refractivity contribution in [1.82, 2.24) is 19.5 Å². The Morgan fingerprint density at radius 2 is 1.95 bits per heavy atom. The number of aromatic nitrogens is 4. The molecule has 5 N–H and O–H groups in total. The molecule has 110 valence electrons. The molecule has 0 spiro atoms. The molecule has 22 heavy (non-hydrogen) atoms. The van der Waals surface area contributed by atoms with E-state index < -0.39 is 19.9 Å². The van der Waals surface area contributed by atoms with Gasteiger partial charge in [0.2, 0.25) is 5.95 Å². The molecule has 2 rings (SSSR count). The first-order chi connectivity index (χ1) is 9.26. The van der Waals surface area contributed by atoms with Crippen LogP contribution in [0.2, 0.25) is 0 Å². The number of aliphatic hydroxyl groups excluding tert-OH is 1. The van der Waals surface area contributed by atoms with Gasteiger partial charge in [0.1, 0.15) is 5.52 Å². The van der Waals surface area contributed by atoms with Crippen molar-refractivity contribution in [3.8, 4) is 0 Å². The van der Waals surface area contributed by atoms with Crippen LogP contribution in [-0.4, -0.2) is 36.9 Å². The van der Waals surface area contributed by atoms with E-state index in [-0.39, 0.29) is 83.8 Å². The summed E-state index contributed by atoms with van der Waals surface area (Å²) >= 11 is 0. The molecular weight excluding hydrogens is 333 g/mol. The predicted molar refractivity (Wildman–Crippen MR) is 67.2 cm³/mol. The fourth-order valence-corrected chi connectivity index (χ4v) is 2.48. The number of rotatable bonds is 5. The maximum absolute atomic E-state index is 10.5. The first-order valence-corrected chi connectivity index (χ1v) is 7.42. The monoisotopic (exact) mass is 346 g/mol. The van der Waals surface area contributed by atoms with Gasteiger partial charge >= 0.3 is 59.1 Å². The molecular formula is C9H13N6Na2O4P. The second-order valence-corrected chi connectivity index (χ2v) is 5.90.